The maximum absolute atomic E-state index is 12.8. The van der Waals surface area contributed by atoms with Crippen LogP contribution in [0.2, 0.25) is 0 Å². The molecule has 5 nitrogen and oxygen atoms in total. The summed E-state index contributed by atoms with van der Waals surface area (Å²) in [6, 6.07) is 3.63. The highest BCUT2D eigenvalue weighted by molar-refractivity contribution is 5.35. The van der Waals surface area contributed by atoms with Gasteiger partial charge in [0, 0.05) is 12.6 Å². The number of benzene rings is 1. The molecule has 0 aliphatic rings. The molecule has 0 aliphatic heterocycles. The first-order valence-corrected chi connectivity index (χ1v) is 3.51. The van der Waals surface area contributed by atoms with Gasteiger partial charge in [0.05, 0.1) is 4.92 Å². The van der Waals surface area contributed by atoms with Crippen molar-refractivity contribution in [2.24, 2.45) is 5.84 Å². The van der Waals surface area contributed by atoms with E-state index in [1.54, 1.807) is 0 Å². The van der Waals surface area contributed by atoms with Crippen molar-refractivity contribution in [3.63, 3.8) is 0 Å². The minimum Gasteiger partial charge on any atom is -0.271 e. The third-order valence-electron chi connectivity index (χ3n) is 1.51. The third-order valence-corrected chi connectivity index (χ3v) is 1.51. The summed E-state index contributed by atoms with van der Waals surface area (Å²) < 4.78 is 12.8. The topological polar surface area (TPSA) is 81.2 Å². The van der Waals surface area contributed by atoms with Crippen LogP contribution in [0.4, 0.5) is 10.1 Å². The average molecular weight is 185 g/mol. The highest BCUT2D eigenvalue weighted by atomic mass is 19.1. The number of nitrogens with two attached hydrogens (primary N) is 1. The van der Waals surface area contributed by atoms with E-state index in [0.717, 1.165) is 12.1 Å². The molecule has 0 aromatic heterocycles. The molecule has 0 bridgehead atoms. The standard InChI is InChI=1S/C7H8FN3O2/c8-6-2-1-5(4-10-9)3-7(6)11(12)13/h1-3,10H,4,9H2. The minimum atomic E-state index is -0.842. The van der Waals surface area contributed by atoms with Crippen LogP contribution in [0.5, 0.6) is 0 Å². The number of hydrazine groups is 1. The Morgan fingerprint density at radius 1 is 1.62 bits per heavy atom. The number of nitro benzene ring substituents is 1. The summed E-state index contributed by atoms with van der Waals surface area (Å²) in [6.07, 6.45) is 0. The van der Waals surface area contributed by atoms with E-state index in [1.807, 2.05) is 0 Å². The smallest absolute Gasteiger partial charge is 0.271 e. The van der Waals surface area contributed by atoms with Crippen LogP contribution in [0.3, 0.4) is 0 Å². The fourth-order valence-electron chi connectivity index (χ4n) is 0.926. The molecular weight excluding hydrogens is 177 g/mol. The van der Waals surface area contributed by atoms with Gasteiger partial charge in [-0.25, -0.2) is 0 Å². The van der Waals surface area contributed by atoms with Crippen LogP contribution in [-0.4, -0.2) is 4.92 Å². The fraction of sp³-hybridized carbons (Fsp3) is 0.143. The maximum atomic E-state index is 12.8. The van der Waals surface area contributed by atoms with E-state index in [1.165, 1.54) is 6.07 Å². The van der Waals surface area contributed by atoms with Gasteiger partial charge < -0.3 is 0 Å². The molecule has 0 aliphatic carbocycles. The summed E-state index contributed by atoms with van der Waals surface area (Å²) in [5.74, 6) is 4.17. The largest absolute Gasteiger partial charge is 0.305 e. The molecule has 1 rings (SSSR count). The molecule has 0 amide bonds. The van der Waals surface area contributed by atoms with Crippen molar-refractivity contribution in [2.75, 3.05) is 0 Å². The number of rotatable bonds is 3. The molecule has 0 spiro atoms. The first-order chi connectivity index (χ1) is 6.15. The van der Waals surface area contributed by atoms with Crippen LogP contribution < -0.4 is 11.3 Å². The first-order valence-electron chi connectivity index (χ1n) is 3.51. The van der Waals surface area contributed by atoms with E-state index >= 15 is 0 Å². The molecule has 1 aromatic rings. The van der Waals surface area contributed by atoms with Gasteiger partial charge in [-0.1, -0.05) is 6.07 Å². The quantitative estimate of drug-likeness (QED) is 0.412. The molecule has 0 saturated carbocycles. The van der Waals surface area contributed by atoms with Crippen LogP contribution in [0, 0.1) is 15.9 Å². The van der Waals surface area contributed by atoms with Crippen molar-refractivity contribution in [3.05, 3.63) is 39.7 Å². The van der Waals surface area contributed by atoms with Gasteiger partial charge in [0.1, 0.15) is 0 Å². The highest BCUT2D eigenvalue weighted by Gasteiger charge is 2.13. The fourth-order valence-corrected chi connectivity index (χ4v) is 0.926. The number of halogens is 1. The molecule has 70 valence electrons. The number of hydrogen-bond acceptors (Lipinski definition) is 4. The van der Waals surface area contributed by atoms with Gasteiger partial charge in [0.2, 0.25) is 5.82 Å². The summed E-state index contributed by atoms with van der Waals surface area (Å²) in [5, 5.41) is 10.3. The molecule has 0 unspecified atom stereocenters. The van der Waals surface area contributed by atoms with Gasteiger partial charge in [-0.05, 0) is 11.6 Å². The molecular formula is C7H8FN3O2. The summed E-state index contributed by atoms with van der Waals surface area (Å²) in [4.78, 5) is 9.52. The minimum absolute atomic E-state index is 0.265. The van der Waals surface area contributed by atoms with Crippen LogP contribution in [0.1, 0.15) is 5.56 Å². The maximum Gasteiger partial charge on any atom is 0.305 e. The Morgan fingerprint density at radius 3 is 2.85 bits per heavy atom. The van der Waals surface area contributed by atoms with Crippen molar-refractivity contribution < 1.29 is 9.31 Å². The Labute approximate surface area is 73.5 Å². The monoisotopic (exact) mass is 185 g/mol. The zero-order chi connectivity index (χ0) is 9.84. The van der Waals surface area contributed by atoms with Crippen LogP contribution in [0.25, 0.3) is 0 Å². The molecule has 0 atom stereocenters. The summed E-state index contributed by atoms with van der Waals surface area (Å²) in [6.45, 7) is 0.265. The van der Waals surface area contributed by atoms with Crippen molar-refractivity contribution in [3.8, 4) is 0 Å². The third kappa shape index (κ3) is 2.20. The lowest BCUT2D eigenvalue weighted by atomic mass is 10.2. The first kappa shape index (κ1) is 9.56. The Balaban J connectivity index is 3.04. The number of nitrogens with zero attached hydrogens (tertiary/aromatic N) is 1. The zero-order valence-corrected chi connectivity index (χ0v) is 6.66. The van der Waals surface area contributed by atoms with Crippen molar-refractivity contribution in [2.45, 2.75) is 6.54 Å². The van der Waals surface area contributed by atoms with Gasteiger partial charge >= 0.3 is 5.69 Å². The Bertz CT molecular complexity index is 330. The number of nitro groups is 1. The zero-order valence-electron chi connectivity index (χ0n) is 6.66. The van der Waals surface area contributed by atoms with E-state index in [2.05, 4.69) is 5.43 Å². The van der Waals surface area contributed by atoms with Gasteiger partial charge in [0.15, 0.2) is 0 Å². The lowest BCUT2D eigenvalue weighted by Gasteiger charge is -1.99. The van der Waals surface area contributed by atoms with Gasteiger partial charge in [-0.2, -0.15) is 4.39 Å². The summed E-state index contributed by atoms with van der Waals surface area (Å²) >= 11 is 0. The van der Waals surface area contributed by atoms with Gasteiger partial charge in [-0.15, -0.1) is 0 Å². The summed E-state index contributed by atoms with van der Waals surface area (Å²) in [7, 11) is 0. The van der Waals surface area contributed by atoms with Crippen molar-refractivity contribution in [1.29, 1.82) is 0 Å². The Hall–Kier alpha value is -1.53. The van der Waals surface area contributed by atoms with E-state index in [9.17, 15) is 14.5 Å². The lowest BCUT2D eigenvalue weighted by Crippen LogP contribution is -2.20. The second-order valence-electron chi connectivity index (χ2n) is 2.42. The predicted octanol–water partition coefficient (Wildman–Crippen LogP) is 0.697. The normalized spacial score (nSPS) is 10.0. The van der Waals surface area contributed by atoms with Crippen LogP contribution >= 0.6 is 0 Å². The van der Waals surface area contributed by atoms with Crippen molar-refractivity contribution in [1.82, 2.24) is 5.43 Å². The number of hydrogen-bond donors (Lipinski definition) is 2. The highest BCUT2D eigenvalue weighted by Crippen LogP contribution is 2.17. The second kappa shape index (κ2) is 3.92. The van der Waals surface area contributed by atoms with E-state index in [-0.39, 0.29) is 6.54 Å². The predicted molar refractivity (Wildman–Crippen MR) is 44.1 cm³/mol. The van der Waals surface area contributed by atoms with Crippen LogP contribution in [0.15, 0.2) is 18.2 Å². The average Bonchev–Trinajstić information content (AvgIpc) is 2.08. The number of nitrogens with one attached hydrogen (secondary N) is 1. The van der Waals surface area contributed by atoms with Crippen molar-refractivity contribution >= 4 is 5.69 Å². The molecule has 0 radical (unpaired) electrons. The molecule has 13 heavy (non-hydrogen) atoms. The summed E-state index contributed by atoms with van der Waals surface area (Å²) in [5.41, 5.74) is 2.36. The van der Waals surface area contributed by atoms with E-state index in [0.29, 0.717) is 5.56 Å². The SMILES string of the molecule is NNCc1ccc(F)c([N+](=O)[O-])c1. The van der Waals surface area contributed by atoms with E-state index < -0.39 is 16.4 Å². The molecule has 3 N–H and O–H groups in total. The lowest BCUT2D eigenvalue weighted by molar-refractivity contribution is -0.387. The van der Waals surface area contributed by atoms with Gasteiger partial charge in [0.25, 0.3) is 0 Å². The Morgan fingerprint density at radius 2 is 2.31 bits per heavy atom. The van der Waals surface area contributed by atoms with Crippen LogP contribution in [-0.2, 0) is 6.54 Å². The molecule has 1 aromatic carbocycles. The molecule has 0 heterocycles. The Kier molecular flexibility index (Phi) is 2.88. The second-order valence-corrected chi connectivity index (χ2v) is 2.42. The molecule has 6 heteroatoms. The molecule has 0 saturated heterocycles. The van der Waals surface area contributed by atoms with Gasteiger partial charge in [-0.3, -0.25) is 21.4 Å². The molecule has 0 fully saturated rings. The van der Waals surface area contributed by atoms with E-state index in [4.69, 9.17) is 5.84 Å².